The van der Waals surface area contributed by atoms with Crippen LogP contribution in [0.15, 0.2) is 0 Å². The zero-order valence-corrected chi connectivity index (χ0v) is 9.62. The molecule has 0 aromatic heterocycles. The first-order chi connectivity index (χ1) is 5.41. The largest absolute Gasteiger partial charge is 0.307 e. The molecular formula is C11H27N. The van der Waals surface area contributed by atoms with Crippen LogP contribution in [-0.4, -0.2) is 11.1 Å². The van der Waals surface area contributed by atoms with Gasteiger partial charge in [-0.15, -0.1) is 0 Å². The Morgan fingerprint density at radius 2 is 1.25 bits per heavy atom. The fourth-order valence-electron chi connectivity index (χ4n) is 2.01. The van der Waals surface area contributed by atoms with Gasteiger partial charge >= 0.3 is 0 Å². The summed E-state index contributed by atoms with van der Waals surface area (Å²) in [6, 6.07) is 0. The van der Waals surface area contributed by atoms with E-state index in [4.69, 9.17) is 0 Å². The monoisotopic (exact) mass is 173 g/mol. The van der Waals surface area contributed by atoms with Crippen LogP contribution in [0, 0.1) is 0 Å². The van der Waals surface area contributed by atoms with Gasteiger partial charge in [0, 0.05) is 12.5 Å². The Morgan fingerprint density at radius 3 is 1.42 bits per heavy atom. The Hall–Kier alpha value is -0.0400. The van der Waals surface area contributed by atoms with Crippen LogP contribution >= 0.6 is 0 Å². The van der Waals surface area contributed by atoms with Gasteiger partial charge in [-0.3, -0.25) is 0 Å². The predicted molar refractivity (Wildman–Crippen MR) is 58.6 cm³/mol. The minimum absolute atomic E-state index is 0. The molecule has 0 atom stereocenters. The zero-order valence-electron chi connectivity index (χ0n) is 9.62. The summed E-state index contributed by atoms with van der Waals surface area (Å²) in [5, 5.41) is 3.63. The van der Waals surface area contributed by atoms with Crippen molar-refractivity contribution in [3.8, 4) is 0 Å². The van der Waals surface area contributed by atoms with E-state index in [0.29, 0.717) is 11.1 Å². The average molecular weight is 173 g/mol. The molecule has 76 valence electrons. The van der Waals surface area contributed by atoms with Crippen LogP contribution in [0.4, 0.5) is 0 Å². The average Bonchev–Trinajstić information content (AvgIpc) is 1.86. The molecule has 0 aromatic rings. The Labute approximate surface area is 79.4 Å². The van der Waals surface area contributed by atoms with Crippen molar-refractivity contribution in [1.82, 2.24) is 5.32 Å². The van der Waals surface area contributed by atoms with E-state index in [9.17, 15) is 0 Å². The molecular weight excluding hydrogens is 146 g/mol. The van der Waals surface area contributed by atoms with E-state index in [2.05, 4.69) is 33.0 Å². The van der Waals surface area contributed by atoms with Crippen LogP contribution in [0.25, 0.3) is 0 Å². The minimum Gasteiger partial charge on any atom is -0.307 e. The number of rotatable bonds is 0. The molecule has 1 saturated heterocycles. The zero-order chi connectivity index (χ0) is 9.83. The molecule has 1 aliphatic heterocycles. The number of hydrogen-bond donors (Lipinski definition) is 1. The fraction of sp³-hybridized carbons (Fsp3) is 1.00. The quantitative estimate of drug-likeness (QED) is 0.590. The third-order valence-electron chi connectivity index (χ3n) is 2.28. The third kappa shape index (κ3) is 4.10. The first kappa shape index (κ1) is 12.0. The highest BCUT2D eigenvalue weighted by Crippen LogP contribution is 2.27. The fourth-order valence-corrected chi connectivity index (χ4v) is 2.01. The molecule has 1 heteroatoms. The van der Waals surface area contributed by atoms with Crippen molar-refractivity contribution in [2.24, 2.45) is 0 Å². The summed E-state index contributed by atoms with van der Waals surface area (Å²) in [5.74, 6) is 0. The molecule has 0 aromatic carbocycles. The molecule has 0 unspecified atom stereocenters. The maximum Gasteiger partial charge on any atom is 0.0130 e. The highest BCUT2D eigenvalue weighted by molar-refractivity contribution is 4.92. The van der Waals surface area contributed by atoms with Crippen LogP contribution in [-0.2, 0) is 0 Å². The van der Waals surface area contributed by atoms with Crippen molar-refractivity contribution < 1.29 is 1.43 Å². The summed E-state index contributed by atoms with van der Waals surface area (Å²) in [6.07, 6.45) is 4.00. The second-order valence-electron chi connectivity index (χ2n) is 4.75. The van der Waals surface area contributed by atoms with Gasteiger partial charge in [0.05, 0.1) is 0 Å². The van der Waals surface area contributed by atoms with E-state index in [1.54, 1.807) is 0 Å². The maximum atomic E-state index is 3.63. The molecule has 0 saturated carbocycles. The van der Waals surface area contributed by atoms with Crippen LogP contribution in [0.2, 0.25) is 0 Å². The smallest absolute Gasteiger partial charge is 0.0130 e. The van der Waals surface area contributed by atoms with Gasteiger partial charge in [-0.25, -0.2) is 0 Å². The molecule has 1 N–H and O–H groups in total. The molecule has 0 spiro atoms. The van der Waals surface area contributed by atoms with E-state index in [-0.39, 0.29) is 1.43 Å². The van der Waals surface area contributed by atoms with Crippen molar-refractivity contribution >= 4 is 0 Å². The van der Waals surface area contributed by atoms with Gasteiger partial charge in [-0.1, -0.05) is 13.8 Å². The lowest BCUT2D eigenvalue weighted by molar-refractivity contribution is 0.183. The van der Waals surface area contributed by atoms with Crippen LogP contribution < -0.4 is 5.32 Å². The van der Waals surface area contributed by atoms with Gasteiger partial charge < -0.3 is 5.32 Å². The van der Waals surface area contributed by atoms with Crippen LogP contribution in [0.1, 0.15) is 62.2 Å². The Morgan fingerprint density at radius 1 is 0.917 bits per heavy atom. The van der Waals surface area contributed by atoms with Gasteiger partial charge in [0.2, 0.25) is 0 Å². The molecule has 1 rings (SSSR count). The van der Waals surface area contributed by atoms with Crippen LogP contribution in [0.5, 0.6) is 0 Å². The molecule has 1 aliphatic rings. The molecule has 1 fully saturated rings. The van der Waals surface area contributed by atoms with E-state index >= 15 is 0 Å². The lowest BCUT2D eigenvalue weighted by Gasteiger charge is -2.42. The Kier molecular flexibility index (Phi) is 4.25. The normalized spacial score (nSPS) is 25.5. The summed E-state index contributed by atoms with van der Waals surface area (Å²) in [7, 11) is 0. The number of hydrogen-bond acceptors (Lipinski definition) is 1. The number of piperidine rings is 1. The van der Waals surface area contributed by atoms with E-state index in [0.717, 1.165) is 0 Å². The van der Waals surface area contributed by atoms with Gasteiger partial charge in [0.25, 0.3) is 0 Å². The Balaban J connectivity index is 0. The topological polar surface area (TPSA) is 12.0 Å². The first-order valence-corrected chi connectivity index (χ1v) is 5.21. The van der Waals surface area contributed by atoms with Crippen molar-refractivity contribution in [2.45, 2.75) is 71.9 Å². The van der Waals surface area contributed by atoms with E-state index in [1.807, 2.05) is 13.8 Å². The van der Waals surface area contributed by atoms with Crippen molar-refractivity contribution in [2.75, 3.05) is 0 Å². The summed E-state index contributed by atoms with van der Waals surface area (Å²) in [4.78, 5) is 0. The highest BCUT2D eigenvalue weighted by atomic mass is 15.0. The standard InChI is InChI=1S/C9H19N.C2H6.H2/c1-8(2)6-5-7-9(3,4)10-8;1-2;/h10H,5-7H2,1-4H3;1-2H3;1H. The van der Waals surface area contributed by atoms with E-state index in [1.165, 1.54) is 19.3 Å². The molecule has 12 heavy (non-hydrogen) atoms. The maximum absolute atomic E-state index is 3.63. The lowest BCUT2D eigenvalue weighted by atomic mass is 9.83. The van der Waals surface area contributed by atoms with E-state index < -0.39 is 0 Å². The van der Waals surface area contributed by atoms with Crippen molar-refractivity contribution in [3.05, 3.63) is 0 Å². The summed E-state index contributed by atoms with van der Waals surface area (Å²) in [6.45, 7) is 13.1. The second-order valence-corrected chi connectivity index (χ2v) is 4.75. The highest BCUT2D eigenvalue weighted by Gasteiger charge is 2.31. The van der Waals surface area contributed by atoms with Crippen molar-refractivity contribution in [1.29, 1.82) is 0 Å². The van der Waals surface area contributed by atoms with Crippen molar-refractivity contribution in [3.63, 3.8) is 0 Å². The summed E-state index contributed by atoms with van der Waals surface area (Å²) in [5.41, 5.74) is 0.726. The first-order valence-electron chi connectivity index (χ1n) is 5.21. The molecule has 0 aliphatic carbocycles. The van der Waals surface area contributed by atoms with Gasteiger partial charge in [0.1, 0.15) is 0 Å². The van der Waals surface area contributed by atoms with Gasteiger partial charge in [0.15, 0.2) is 0 Å². The van der Waals surface area contributed by atoms with Crippen LogP contribution in [0.3, 0.4) is 0 Å². The second kappa shape index (κ2) is 4.27. The lowest BCUT2D eigenvalue weighted by Crippen LogP contribution is -2.55. The minimum atomic E-state index is 0. The SMILES string of the molecule is CC.CC1(C)CCCC(C)(C)N1.[HH]. The van der Waals surface area contributed by atoms with Gasteiger partial charge in [-0.05, 0) is 47.0 Å². The molecule has 0 radical (unpaired) electrons. The summed E-state index contributed by atoms with van der Waals surface area (Å²) < 4.78 is 0. The molecule has 0 bridgehead atoms. The Bertz CT molecular complexity index is 116. The molecule has 1 nitrogen and oxygen atoms in total. The number of nitrogens with one attached hydrogen (secondary N) is 1. The predicted octanol–water partition coefficient (Wildman–Crippen LogP) is 3.59. The summed E-state index contributed by atoms with van der Waals surface area (Å²) >= 11 is 0. The molecule has 0 amide bonds. The van der Waals surface area contributed by atoms with Gasteiger partial charge in [-0.2, -0.15) is 0 Å². The molecule has 1 heterocycles. The third-order valence-corrected chi connectivity index (χ3v) is 2.28.